The van der Waals surface area contributed by atoms with Crippen LogP contribution in [0.4, 0.5) is 0 Å². The van der Waals surface area contributed by atoms with Crippen LogP contribution in [0.1, 0.15) is 49.1 Å². The number of aliphatic hydroxyl groups excluding tert-OH is 1. The Morgan fingerprint density at radius 3 is 2.94 bits per heavy atom. The molecule has 0 spiro atoms. The highest BCUT2D eigenvalue weighted by atomic mass is 35.5. The largest absolute Gasteiger partial charge is 0.396 e. The molecular weight excluding hydrogens is 252 g/mol. The molecule has 1 aliphatic carbocycles. The maximum atomic E-state index is 12.2. The number of nitrogens with zero attached hydrogens (tertiary/aromatic N) is 1. The molecule has 1 unspecified atom stereocenters. The summed E-state index contributed by atoms with van der Waals surface area (Å²) in [5, 5.41) is 12.5. The Balaban J connectivity index is 2.08. The van der Waals surface area contributed by atoms with Gasteiger partial charge in [0.1, 0.15) is 5.69 Å². The van der Waals surface area contributed by atoms with Crippen LogP contribution in [0.25, 0.3) is 0 Å². The van der Waals surface area contributed by atoms with Gasteiger partial charge in [0.15, 0.2) is 0 Å². The molecule has 1 aromatic rings. The van der Waals surface area contributed by atoms with E-state index in [1.807, 2.05) is 17.7 Å². The molecular formula is C13H19ClN2O2. The van der Waals surface area contributed by atoms with E-state index in [4.69, 9.17) is 16.7 Å². The van der Waals surface area contributed by atoms with E-state index < -0.39 is 0 Å². The molecule has 100 valence electrons. The van der Waals surface area contributed by atoms with E-state index in [0.717, 1.165) is 19.3 Å². The zero-order valence-corrected chi connectivity index (χ0v) is 11.3. The summed E-state index contributed by atoms with van der Waals surface area (Å²) < 4.78 is 1.96. The van der Waals surface area contributed by atoms with E-state index >= 15 is 0 Å². The van der Waals surface area contributed by atoms with Crippen molar-refractivity contribution in [3.8, 4) is 0 Å². The second kappa shape index (κ2) is 5.76. The number of hydrogen-bond acceptors (Lipinski definition) is 2. The summed E-state index contributed by atoms with van der Waals surface area (Å²) in [6.07, 6.45) is 5.43. The predicted octanol–water partition coefficient (Wildman–Crippen LogP) is 2.37. The van der Waals surface area contributed by atoms with Crippen LogP contribution in [0.5, 0.6) is 0 Å². The molecule has 1 fully saturated rings. The fourth-order valence-electron chi connectivity index (χ4n) is 2.08. The van der Waals surface area contributed by atoms with Crippen molar-refractivity contribution in [2.45, 2.75) is 44.7 Å². The highest BCUT2D eigenvalue weighted by molar-refractivity contribution is 6.31. The Morgan fingerprint density at radius 2 is 2.39 bits per heavy atom. The summed E-state index contributed by atoms with van der Waals surface area (Å²) in [7, 11) is 0. The highest BCUT2D eigenvalue weighted by Crippen LogP contribution is 2.37. The first-order valence-corrected chi connectivity index (χ1v) is 6.82. The summed E-state index contributed by atoms with van der Waals surface area (Å²) in [5.41, 5.74) is 0.624. The van der Waals surface area contributed by atoms with Gasteiger partial charge in [0.25, 0.3) is 5.91 Å². The summed E-state index contributed by atoms with van der Waals surface area (Å²) in [6, 6.07) is 2.15. The quantitative estimate of drug-likeness (QED) is 0.834. The van der Waals surface area contributed by atoms with Gasteiger partial charge in [0.2, 0.25) is 0 Å². The number of aromatic nitrogens is 1. The number of carbonyl (C=O) groups is 1. The van der Waals surface area contributed by atoms with Crippen molar-refractivity contribution in [1.82, 2.24) is 9.88 Å². The Bertz CT molecular complexity index is 427. The van der Waals surface area contributed by atoms with Crippen LogP contribution in [0, 0.1) is 0 Å². The zero-order valence-electron chi connectivity index (χ0n) is 10.5. The second-order valence-corrected chi connectivity index (χ2v) is 5.21. The number of hydrogen-bond donors (Lipinski definition) is 2. The number of halogens is 1. The molecule has 1 heterocycles. The third kappa shape index (κ3) is 3.06. The molecule has 0 aliphatic heterocycles. The van der Waals surface area contributed by atoms with Gasteiger partial charge in [-0.05, 0) is 31.7 Å². The minimum Gasteiger partial charge on any atom is -0.396 e. The van der Waals surface area contributed by atoms with Gasteiger partial charge >= 0.3 is 0 Å². The smallest absolute Gasteiger partial charge is 0.268 e. The van der Waals surface area contributed by atoms with Crippen molar-refractivity contribution in [2.75, 3.05) is 6.61 Å². The lowest BCUT2D eigenvalue weighted by atomic mass is 10.1. The van der Waals surface area contributed by atoms with Crippen LogP contribution in [0.15, 0.2) is 12.3 Å². The number of nitrogens with one attached hydrogen (secondary N) is 1. The van der Waals surface area contributed by atoms with E-state index in [2.05, 4.69) is 5.32 Å². The van der Waals surface area contributed by atoms with Gasteiger partial charge in [0.05, 0.1) is 5.02 Å². The average molecular weight is 271 g/mol. The van der Waals surface area contributed by atoms with Gasteiger partial charge in [0, 0.05) is 24.9 Å². The number of rotatable bonds is 6. The fraction of sp³-hybridized carbons (Fsp3) is 0.615. The zero-order chi connectivity index (χ0) is 13.1. The lowest BCUT2D eigenvalue weighted by Crippen LogP contribution is -2.36. The van der Waals surface area contributed by atoms with Crippen LogP contribution < -0.4 is 5.32 Å². The SMILES string of the molecule is CCC(CCO)NC(=O)c1cc(Cl)cn1C1CC1. The summed E-state index contributed by atoms with van der Waals surface area (Å²) in [4.78, 5) is 12.2. The number of aliphatic hydroxyl groups is 1. The molecule has 1 atom stereocenters. The molecule has 0 saturated heterocycles. The van der Waals surface area contributed by atoms with Crippen LogP contribution in [-0.4, -0.2) is 28.2 Å². The first-order chi connectivity index (χ1) is 8.65. The Hall–Kier alpha value is -1.00. The monoisotopic (exact) mass is 270 g/mol. The normalized spacial score (nSPS) is 16.6. The molecule has 4 nitrogen and oxygen atoms in total. The van der Waals surface area contributed by atoms with Gasteiger partial charge in [-0.1, -0.05) is 18.5 Å². The first kappa shape index (κ1) is 13.4. The van der Waals surface area contributed by atoms with Gasteiger partial charge < -0.3 is 15.0 Å². The third-order valence-corrected chi connectivity index (χ3v) is 3.50. The highest BCUT2D eigenvalue weighted by Gasteiger charge is 2.28. The van der Waals surface area contributed by atoms with E-state index in [-0.39, 0.29) is 18.6 Å². The molecule has 1 aromatic heterocycles. The number of amides is 1. The van der Waals surface area contributed by atoms with E-state index in [1.165, 1.54) is 0 Å². The van der Waals surface area contributed by atoms with Gasteiger partial charge in [-0.2, -0.15) is 0 Å². The Labute approximate surface area is 112 Å². The second-order valence-electron chi connectivity index (χ2n) is 4.77. The van der Waals surface area contributed by atoms with E-state index in [9.17, 15) is 4.79 Å². The van der Waals surface area contributed by atoms with E-state index in [1.54, 1.807) is 6.07 Å². The van der Waals surface area contributed by atoms with Crippen molar-refractivity contribution < 1.29 is 9.90 Å². The van der Waals surface area contributed by atoms with Crippen LogP contribution in [0.3, 0.4) is 0 Å². The molecule has 0 radical (unpaired) electrons. The summed E-state index contributed by atoms with van der Waals surface area (Å²) in [5.74, 6) is -0.103. The van der Waals surface area contributed by atoms with Gasteiger partial charge in [-0.3, -0.25) is 4.79 Å². The topological polar surface area (TPSA) is 54.3 Å². The molecule has 2 N–H and O–H groups in total. The van der Waals surface area contributed by atoms with Crippen LogP contribution >= 0.6 is 11.6 Å². The standard InChI is InChI=1S/C13H19ClN2O2/c1-2-10(5-6-17)15-13(18)12-7-9(14)8-16(12)11-3-4-11/h7-8,10-11,17H,2-6H2,1H3,(H,15,18). The predicted molar refractivity (Wildman–Crippen MR) is 71.0 cm³/mol. The lowest BCUT2D eigenvalue weighted by Gasteiger charge is -2.16. The van der Waals surface area contributed by atoms with Crippen molar-refractivity contribution in [3.63, 3.8) is 0 Å². The van der Waals surface area contributed by atoms with Crippen LogP contribution in [-0.2, 0) is 0 Å². The molecule has 1 saturated carbocycles. The molecule has 0 aromatic carbocycles. The van der Waals surface area contributed by atoms with Crippen molar-refractivity contribution in [1.29, 1.82) is 0 Å². The minimum atomic E-state index is -0.103. The van der Waals surface area contributed by atoms with E-state index in [0.29, 0.717) is 23.2 Å². The van der Waals surface area contributed by atoms with Crippen molar-refractivity contribution in [3.05, 3.63) is 23.0 Å². The molecule has 2 rings (SSSR count). The van der Waals surface area contributed by atoms with Gasteiger partial charge in [-0.25, -0.2) is 0 Å². The Morgan fingerprint density at radius 1 is 1.67 bits per heavy atom. The maximum absolute atomic E-state index is 12.2. The third-order valence-electron chi connectivity index (χ3n) is 3.29. The Kier molecular flexibility index (Phi) is 4.30. The van der Waals surface area contributed by atoms with Crippen molar-refractivity contribution in [2.24, 2.45) is 0 Å². The lowest BCUT2D eigenvalue weighted by molar-refractivity contribution is 0.0919. The minimum absolute atomic E-state index is 0.0174. The van der Waals surface area contributed by atoms with Crippen molar-refractivity contribution >= 4 is 17.5 Å². The average Bonchev–Trinajstić information content (AvgIpc) is 3.11. The molecule has 5 heteroatoms. The fourth-order valence-corrected chi connectivity index (χ4v) is 2.28. The number of carbonyl (C=O) groups excluding carboxylic acids is 1. The maximum Gasteiger partial charge on any atom is 0.268 e. The van der Waals surface area contributed by atoms with Gasteiger partial charge in [-0.15, -0.1) is 0 Å². The molecule has 1 aliphatic rings. The molecule has 18 heavy (non-hydrogen) atoms. The first-order valence-electron chi connectivity index (χ1n) is 6.44. The summed E-state index contributed by atoms with van der Waals surface area (Å²) >= 11 is 5.97. The summed E-state index contributed by atoms with van der Waals surface area (Å²) in [6.45, 7) is 2.08. The molecule has 0 bridgehead atoms. The molecule has 1 amide bonds. The van der Waals surface area contributed by atoms with Crippen LogP contribution in [0.2, 0.25) is 5.02 Å².